The molecule has 7 heteroatoms. The summed E-state index contributed by atoms with van der Waals surface area (Å²) < 4.78 is 11.6. The van der Waals surface area contributed by atoms with Gasteiger partial charge >= 0.3 is 6.09 Å². The molecule has 3 rings (SSSR count). The minimum Gasteiger partial charge on any atom is -0.489 e. The molecule has 30 heavy (non-hydrogen) atoms. The lowest BCUT2D eigenvalue weighted by atomic mass is 10.1. The molecule has 0 spiro atoms. The summed E-state index contributed by atoms with van der Waals surface area (Å²) in [5.41, 5.74) is 7.10. The number of hydrogen-bond donors (Lipinski definition) is 1. The van der Waals surface area contributed by atoms with Crippen molar-refractivity contribution in [3.05, 3.63) is 48.0 Å². The fourth-order valence-corrected chi connectivity index (χ4v) is 3.29. The highest BCUT2D eigenvalue weighted by molar-refractivity contribution is 5.69. The quantitative estimate of drug-likeness (QED) is 0.782. The van der Waals surface area contributed by atoms with E-state index in [-0.39, 0.29) is 12.1 Å². The molecule has 0 bridgehead atoms. The smallest absolute Gasteiger partial charge is 0.410 e. The average molecular weight is 409 g/mol. The van der Waals surface area contributed by atoms with E-state index in [4.69, 9.17) is 15.2 Å². The topological polar surface area (TPSA) is 90.6 Å². The van der Waals surface area contributed by atoms with Crippen LogP contribution in [0.4, 0.5) is 10.5 Å². The van der Waals surface area contributed by atoms with E-state index >= 15 is 0 Å². The number of ether oxygens (including phenoxy) is 2. The molecule has 0 unspecified atom stereocenters. The van der Waals surface area contributed by atoms with Crippen LogP contribution in [-0.4, -0.2) is 45.8 Å². The maximum absolute atomic E-state index is 12.6. The van der Waals surface area contributed by atoms with Gasteiger partial charge in [0, 0.05) is 18.9 Å². The van der Waals surface area contributed by atoms with Crippen LogP contribution in [0.25, 0.3) is 0 Å². The van der Waals surface area contributed by atoms with Crippen molar-refractivity contribution in [3.8, 4) is 17.6 Å². The number of hydrogen-bond acceptors (Lipinski definition) is 6. The maximum Gasteiger partial charge on any atom is 0.410 e. The standard InChI is InChI=1S/C23H28N4O3/c1-16-12-18(27(14-16)22(28)30-23(2,3)4)15-29-21-13-25-11-9-17(21)7-8-20-19(24)6-5-10-26-20/h5-6,9-11,13,16,18H,12,14-15,24H2,1-4H3/t16-,18-/m0/s1. The van der Waals surface area contributed by atoms with E-state index in [1.54, 1.807) is 41.7 Å². The van der Waals surface area contributed by atoms with Crippen molar-refractivity contribution in [1.29, 1.82) is 0 Å². The van der Waals surface area contributed by atoms with Crippen molar-refractivity contribution in [2.45, 2.75) is 45.8 Å². The Hall–Kier alpha value is -3.27. The van der Waals surface area contributed by atoms with Gasteiger partial charge in [0.25, 0.3) is 0 Å². The van der Waals surface area contributed by atoms with E-state index in [1.165, 1.54) is 0 Å². The van der Waals surface area contributed by atoms with E-state index in [0.29, 0.717) is 41.8 Å². The van der Waals surface area contributed by atoms with Gasteiger partial charge in [-0.1, -0.05) is 12.8 Å². The van der Waals surface area contributed by atoms with Gasteiger partial charge in [-0.3, -0.25) is 4.98 Å². The van der Waals surface area contributed by atoms with Gasteiger partial charge in [0.05, 0.1) is 23.5 Å². The summed E-state index contributed by atoms with van der Waals surface area (Å²) in [4.78, 5) is 22.7. The minimum atomic E-state index is -0.534. The highest BCUT2D eigenvalue weighted by atomic mass is 16.6. The molecule has 2 aromatic heterocycles. The van der Waals surface area contributed by atoms with E-state index in [1.807, 2.05) is 20.8 Å². The summed E-state index contributed by atoms with van der Waals surface area (Å²) in [6.07, 6.45) is 5.48. The second kappa shape index (κ2) is 9.04. The Kier molecular flexibility index (Phi) is 6.46. The van der Waals surface area contributed by atoms with E-state index < -0.39 is 5.60 Å². The van der Waals surface area contributed by atoms with Gasteiger partial charge in [0.15, 0.2) is 5.75 Å². The summed E-state index contributed by atoms with van der Waals surface area (Å²) in [5, 5.41) is 0. The maximum atomic E-state index is 12.6. The molecule has 1 aliphatic rings. The normalized spacial score (nSPS) is 18.5. The third-order valence-corrected chi connectivity index (χ3v) is 4.62. The predicted molar refractivity (Wildman–Crippen MR) is 115 cm³/mol. The van der Waals surface area contributed by atoms with Crippen LogP contribution in [0.1, 0.15) is 45.4 Å². The fraction of sp³-hybridized carbons (Fsp3) is 0.435. The fourth-order valence-electron chi connectivity index (χ4n) is 3.29. The molecule has 7 nitrogen and oxygen atoms in total. The van der Waals surface area contributed by atoms with Gasteiger partial charge in [-0.25, -0.2) is 9.78 Å². The summed E-state index contributed by atoms with van der Waals surface area (Å²) >= 11 is 0. The summed E-state index contributed by atoms with van der Waals surface area (Å²) in [6.45, 7) is 8.72. The van der Waals surface area contributed by atoms with Crippen LogP contribution in [0.3, 0.4) is 0 Å². The second-order valence-electron chi connectivity index (χ2n) is 8.50. The number of anilines is 1. The molecule has 1 aliphatic heterocycles. The molecule has 1 fully saturated rings. The zero-order chi connectivity index (χ0) is 21.7. The van der Waals surface area contributed by atoms with Crippen molar-refractivity contribution in [3.63, 3.8) is 0 Å². The number of nitrogen functional groups attached to an aromatic ring is 1. The molecule has 2 N–H and O–H groups in total. The van der Waals surface area contributed by atoms with Crippen molar-refractivity contribution in [2.75, 3.05) is 18.9 Å². The zero-order valence-electron chi connectivity index (χ0n) is 17.9. The number of nitrogens with zero attached hydrogens (tertiary/aromatic N) is 3. The van der Waals surface area contributed by atoms with Crippen LogP contribution in [0.5, 0.6) is 5.75 Å². The molecule has 2 aromatic rings. The number of pyridine rings is 2. The monoisotopic (exact) mass is 408 g/mol. The van der Waals surface area contributed by atoms with Gasteiger partial charge in [-0.2, -0.15) is 0 Å². The van der Waals surface area contributed by atoms with Crippen LogP contribution in [0, 0.1) is 17.8 Å². The Morgan fingerprint density at radius 2 is 2.10 bits per heavy atom. The highest BCUT2D eigenvalue weighted by Crippen LogP contribution is 2.26. The first-order valence-corrected chi connectivity index (χ1v) is 10.0. The van der Waals surface area contributed by atoms with Gasteiger partial charge in [0.2, 0.25) is 0 Å². The molecule has 0 aromatic carbocycles. The lowest BCUT2D eigenvalue weighted by Crippen LogP contribution is -2.42. The van der Waals surface area contributed by atoms with Crippen LogP contribution < -0.4 is 10.5 Å². The van der Waals surface area contributed by atoms with Gasteiger partial charge in [-0.05, 0) is 57.2 Å². The van der Waals surface area contributed by atoms with E-state index in [0.717, 1.165) is 6.42 Å². The Labute approximate surface area is 177 Å². The molecule has 158 valence electrons. The number of likely N-dealkylation sites (tertiary alicyclic amines) is 1. The summed E-state index contributed by atoms with van der Waals surface area (Å²) in [6, 6.07) is 5.24. The molecule has 2 atom stereocenters. The molecule has 0 aliphatic carbocycles. The zero-order valence-corrected chi connectivity index (χ0v) is 17.9. The molecule has 0 saturated carbocycles. The molecule has 0 radical (unpaired) electrons. The SMILES string of the molecule is C[C@H]1C[C@@H](COc2cnccc2C#Cc2ncccc2N)N(C(=O)OC(C)(C)C)C1. The first-order chi connectivity index (χ1) is 14.2. The second-order valence-corrected chi connectivity index (χ2v) is 8.50. The Morgan fingerprint density at radius 3 is 2.83 bits per heavy atom. The van der Waals surface area contributed by atoms with Gasteiger partial charge in [-0.15, -0.1) is 0 Å². The van der Waals surface area contributed by atoms with Crippen LogP contribution in [0.2, 0.25) is 0 Å². The van der Waals surface area contributed by atoms with Crippen LogP contribution in [-0.2, 0) is 4.74 Å². The van der Waals surface area contributed by atoms with Crippen molar-refractivity contribution in [2.24, 2.45) is 5.92 Å². The number of rotatable bonds is 3. The third-order valence-electron chi connectivity index (χ3n) is 4.62. The number of aromatic nitrogens is 2. The molecule has 1 amide bonds. The minimum absolute atomic E-state index is 0.0673. The molecular formula is C23H28N4O3. The number of nitrogens with two attached hydrogens (primary N) is 1. The predicted octanol–water partition coefficient (Wildman–Crippen LogP) is 3.48. The average Bonchev–Trinajstić information content (AvgIpc) is 3.06. The lowest BCUT2D eigenvalue weighted by Gasteiger charge is -2.28. The highest BCUT2D eigenvalue weighted by Gasteiger charge is 2.36. The first-order valence-electron chi connectivity index (χ1n) is 10.0. The Bertz CT molecular complexity index is 959. The van der Waals surface area contributed by atoms with Crippen LogP contribution in [0.15, 0.2) is 36.8 Å². The Morgan fingerprint density at radius 1 is 1.30 bits per heavy atom. The summed E-state index contributed by atoms with van der Waals surface area (Å²) in [5.74, 6) is 6.98. The molecule has 1 saturated heterocycles. The number of carbonyl (C=O) groups excluding carboxylic acids is 1. The lowest BCUT2D eigenvalue weighted by molar-refractivity contribution is 0.0184. The largest absolute Gasteiger partial charge is 0.489 e. The third kappa shape index (κ3) is 5.63. The van der Waals surface area contributed by atoms with E-state index in [9.17, 15) is 4.79 Å². The van der Waals surface area contributed by atoms with Crippen LogP contribution >= 0.6 is 0 Å². The van der Waals surface area contributed by atoms with Gasteiger partial charge in [0.1, 0.15) is 17.9 Å². The molecule has 3 heterocycles. The number of amides is 1. The first kappa shape index (κ1) is 21.4. The summed E-state index contributed by atoms with van der Waals surface area (Å²) in [7, 11) is 0. The van der Waals surface area contributed by atoms with Crippen molar-refractivity contribution >= 4 is 11.8 Å². The molecular weight excluding hydrogens is 380 g/mol. The van der Waals surface area contributed by atoms with E-state index in [2.05, 4.69) is 28.7 Å². The van der Waals surface area contributed by atoms with Gasteiger partial charge < -0.3 is 20.1 Å². The van der Waals surface area contributed by atoms with Crippen molar-refractivity contribution in [1.82, 2.24) is 14.9 Å². The van der Waals surface area contributed by atoms with Crippen molar-refractivity contribution < 1.29 is 14.3 Å². The Balaban J connectivity index is 1.71. The number of carbonyl (C=O) groups is 1.